The van der Waals surface area contributed by atoms with Gasteiger partial charge in [0.05, 0.1) is 47.6 Å². The summed E-state index contributed by atoms with van der Waals surface area (Å²) in [5, 5.41) is 0.147. The number of anilines is 1. The summed E-state index contributed by atoms with van der Waals surface area (Å²) in [5.74, 6) is -0.443. The second kappa shape index (κ2) is 10.3. The maximum absolute atomic E-state index is 14.8. The number of carbonyl (C=O) groups is 1. The third-order valence-electron chi connectivity index (χ3n) is 6.36. The maximum atomic E-state index is 14.8. The van der Waals surface area contributed by atoms with E-state index in [0.29, 0.717) is 28.3 Å². The number of fused-ring (bicyclic) bond motifs is 1. The van der Waals surface area contributed by atoms with Gasteiger partial charge >= 0.3 is 6.01 Å². The van der Waals surface area contributed by atoms with Crippen molar-refractivity contribution in [3.05, 3.63) is 79.8 Å². The van der Waals surface area contributed by atoms with Crippen LogP contribution in [-0.4, -0.2) is 44.6 Å². The second-order valence-electron chi connectivity index (χ2n) is 9.06. The first kappa shape index (κ1) is 26.6. The van der Waals surface area contributed by atoms with Gasteiger partial charge in [0, 0.05) is 18.4 Å². The Morgan fingerprint density at radius 2 is 1.90 bits per heavy atom. The van der Waals surface area contributed by atoms with Crippen molar-refractivity contribution in [3.8, 4) is 23.3 Å². The van der Waals surface area contributed by atoms with E-state index in [1.807, 2.05) is 18.4 Å². The molecule has 202 valence electrons. The third-order valence-corrected chi connectivity index (χ3v) is 6.89. The molecule has 1 aliphatic heterocycles. The van der Waals surface area contributed by atoms with Gasteiger partial charge in [-0.3, -0.25) is 14.5 Å². The molecule has 1 atom stereocenters. The molecule has 13 heteroatoms. The molecule has 0 spiro atoms. The van der Waals surface area contributed by atoms with Crippen molar-refractivity contribution in [2.75, 3.05) is 19.1 Å². The van der Waals surface area contributed by atoms with E-state index < -0.39 is 23.3 Å². The van der Waals surface area contributed by atoms with E-state index >= 15 is 0 Å². The second-order valence-corrected chi connectivity index (χ2v) is 9.90. The summed E-state index contributed by atoms with van der Waals surface area (Å²) in [6.45, 7) is 3.88. The number of hydrogen-bond donors (Lipinski definition) is 1. The van der Waals surface area contributed by atoms with Crippen molar-refractivity contribution in [2.24, 2.45) is 0 Å². The van der Waals surface area contributed by atoms with Crippen molar-refractivity contribution in [3.63, 3.8) is 0 Å². The molecule has 10 nitrogen and oxygen atoms in total. The number of ether oxygens (including phenoxy) is 2. The molecule has 1 unspecified atom stereocenters. The predicted octanol–water partition coefficient (Wildman–Crippen LogP) is 4.75. The number of amides is 1. The average Bonchev–Trinajstić information content (AvgIpc) is 3.29. The van der Waals surface area contributed by atoms with Crippen molar-refractivity contribution in [1.29, 1.82) is 0 Å². The Morgan fingerprint density at radius 3 is 2.56 bits per heavy atom. The van der Waals surface area contributed by atoms with Crippen molar-refractivity contribution < 1.29 is 18.7 Å². The fourth-order valence-electron chi connectivity index (χ4n) is 4.77. The molecule has 0 bridgehead atoms. The number of carbonyl (C=O) groups excluding carboxylic acids is 1. The number of halogens is 3. The van der Waals surface area contributed by atoms with Gasteiger partial charge in [-0.1, -0.05) is 29.3 Å². The van der Waals surface area contributed by atoms with E-state index in [0.717, 1.165) is 0 Å². The molecule has 5 rings (SSSR count). The summed E-state index contributed by atoms with van der Waals surface area (Å²) >= 11 is 12.2. The molecule has 0 saturated heterocycles. The highest BCUT2D eigenvalue weighted by atomic mass is 35.5. The minimum Gasteiger partial charge on any atom is -0.480 e. The molecule has 4 heterocycles. The quantitative estimate of drug-likeness (QED) is 0.354. The molecule has 1 amide bonds. The highest BCUT2D eigenvalue weighted by Crippen LogP contribution is 2.43. The van der Waals surface area contributed by atoms with Crippen LogP contribution in [0, 0.1) is 5.82 Å². The Morgan fingerprint density at radius 1 is 1.13 bits per heavy atom. The van der Waals surface area contributed by atoms with Crippen LogP contribution in [0.5, 0.6) is 11.9 Å². The summed E-state index contributed by atoms with van der Waals surface area (Å²) in [5.41, 5.74) is 1.37. The molecular formula is C26H23Cl2FN6O4. The monoisotopic (exact) mass is 572 g/mol. The Bertz CT molecular complexity index is 1650. The third kappa shape index (κ3) is 4.61. The number of rotatable bonds is 6. The topological polar surface area (TPSA) is 115 Å². The largest absolute Gasteiger partial charge is 0.480 e. The van der Waals surface area contributed by atoms with Gasteiger partial charge in [0.2, 0.25) is 11.8 Å². The Balaban J connectivity index is 1.83. The molecule has 3 aromatic heterocycles. The summed E-state index contributed by atoms with van der Waals surface area (Å²) in [6, 6.07) is 4.63. The molecule has 1 aliphatic rings. The number of benzene rings is 1. The zero-order valence-electron chi connectivity index (χ0n) is 21.3. The van der Waals surface area contributed by atoms with Crippen molar-refractivity contribution >= 4 is 34.8 Å². The number of hydrogen-bond acceptors (Lipinski definition) is 7. The zero-order chi connectivity index (χ0) is 28.0. The number of nitrogens with one attached hydrogen (secondary N) is 1. The molecule has 1 aromatic carbocycles. The fourth-order valence-corrected chi connectivity index (χ4v) is 5.04. The summed E-state index contributed by atoms with van der Waals surface area (Å²) < 4.78 is 27.3. The van der Waals surface area contributed by atoms with Gasteiger partial charge in [0.25, 0.3) is 5.56 Å². The van der Waals surface area contributed by atoms with Crippen molar-refractivity contribution in [2.45, 2.75) is 32.4 Å². The lowest BCUT2D eigenvalue weighted by Gasteiger charge is -2.36. The van der Waals surface area contributed by atoms with Crippen LogP contribution in [0.2, 0.25) is 10.0 Å². The Labute approximate surface area is 232 Å². The van der Waals surface area contributed by atoms with E-state index in [1.54, 1.807) is 6.07 Å². The van der Waals surface area contributed by atoms with Crippen LogP contribution in [0.3, 0.4) is 0 Å². The maximum Gasteiger partial charge on any atom is 0.319 e. The average molecular weight is 573 g/mol. The van der Waals surface area contributed by atoms with E-state index in [2.05, 4.69) is 15.0 Å². The molecule has 0 fully saturated rings. The van der Waals surface area contributed by atoms with Crippen molar-refractivity contribution in [1.82, 2.24) is 24.5 Å². The molecule has 0 aliphatic carbocycles. The fraction of sp³-hybridized carbons (Fsp3) is 0.269. The van der Waals surface area contributed by atoms with Gasteiger partial charge in [-0.2, -0.15) is 4.98 Å². The number of imidazole rings is 1. The van der Waals surface area contributed by atoms with Crippen LogP contribution < -0.4 is 19.9 Å². The summed E-state index contributed by atoms with van der Waals surface area (Å²) in [7, 11) is 2.90. The molecule has 1 N–H and O–H groups in total. The van der Waals surface area contributed by atoms with Crippen LogP contribution in [-0.2, 0) is 11.2 Å². The number of nitrogens with zero attached hydrogens (tertiary/aromatic N) is 5. The summed E-state index contributed by atoms with van der Waals surface area (Å²) in [4.78, 5) is 43.8. The molecule has 4 aromatic rings. The van der Waals surface area contributed by atoms with Crippen LogP contribution in [0.1, 0.15) is 42.9 Å². The number of aromatic nitrogens is 5. The Kier molecular flexibility index (Phi) is 7.04. The first-order valence-electron chi connectivity index (χ1n) is 11.9. The van der Waals surface area contributed by atoms with Crippen LogP contribution in [0.15, 0.2) is 41.5 Å². The van der Waals surface area contributed by atoms with Crippen LogP contribution >= 0.6 is 23.2 Å². The van der Waals surface area contributed by atoms with Crippen LogP contribution in [0.25, 0.3) is 11.4 Å². The first-order valence-corrected chi connectivity index (χ1v) is 12.6. The van der Waals surface area contributed by atoms with Gasteiger partial charge in [-0.25, -0.2) is 14.4 Å². The standard InChI is InChI=1S/C26H23Cl2FN6O4/c1-12(2)34-22-18(32-23(34)15-11-31-26(39-4)33-25(15)38-3)9-20(36)35(19-8-14(27)10-30-24(19)37)21(22)13-5-6-16(28)17(29)7-13/h5-8,10-12,21H,9H2,1-4H3,(H,30,37). The van der Waals surface area contributed by atoms with Gasteiger partial charge < -0.3 is 19.0 Å². The number of pyridine rings is 1. The summed E-state index contributed by atoms with van der Waals surface area (Å²) in [6.07, 6.45) is 2.73. The lowest BCUT2D eigenvalue weighted by Crippen LogP contribution is -2.44. The van der Waals surface area contributed by atoms with E-state index in [4.69, 9.17) is 37.7 Å². The number of aromatic amines is 1. The molecule has 0 radical (unpaired) electrons. The lowest BCUT2D eigenvalue weighted by atomic mass is 9.93. The van der Waals surface area contributed by atoms with Gasteiger partial charge in [-0.15, -0.1) is 0 Å². The van der Waals surface area contributed by atoms with Crippen LogP contribution in [0.4, 0.5) is 10.1 Å². The molecular weight excluding hydrogens is 550 g/mol. The minimum atomic E-state index is -0.943. The Hall–Kier alpha value is -3.96. The first-order chi connectivity index (χ1) is 18.6. The molecule has 39 heavy (non-hydrogen) atoms. The highest BCUT2D eigenvalue weighted by molar-refractivity contribution is 6.31. The SMILES string of the molecule is COc1ncc(-c2nc3c(n2C(C)C)C(c2ccc(Cl)c(F)c2)N(c2cc(Cl)c[nH]c2=O)C(=O)C3)c(OC)n1. The highest BCUT2D eigenvalue weighted by Gasteiger charge is 2.41. The van der Waals surface area contributed by atoms with Gasteiger partial charge in [0.15, 0.2) is 0 Å². The number of methoxy groups -OCH3 is 2. The molecule has 0 saturated carbocycles. The van der Waals surface area contributed by atoms with E-state index in [-0.39, 0.29) is 40.1 Å². The normalized spacial score (nSPS) is 15.0. The predicted molar refractivity (Wildman–Crippen MR) is 143 cm³/mol. The smallest absolute Gasteiger partial charge is 0.319 e. The van der Waals surface area contributed by atoms with E-state index in [9.17, 15) is 14.0 Å². The van der Waals surface area contributed by atoms with Gasteiger partial charge in [-0.05, 0) is 37.6 Å². The van der Waals surface area contributed by atoms with E-state index in [1.165, 1.54) is 49.7 Å². The zero-order valence-corrected chi connectivity index (χ0v) is 22.8. The number of H-pyrrole nitrogens is 1. The minimum absolute atomic E-state index is 0.0157. The lowest BCUT2D eigenvalue weighted by molar-refractivity contribution is -0.118. The van der Waals surface area contributed by atoms with Gasteiger partial charge in [0.1, 0.15) is 23.4 Å².